The lowest BCUT2D eigenvalue weighted by atomic mass is 9.98. The summed E-state index contributed by atoms with van der Waals surface area (Å²) in [6, 6.07) is 8.08. The van der Waals surface area contributed by atoms with Gasteiger partial charge in [0.1, 0.15) is 11.6 Å². The van der Waals surface area contributed by atoms with Crippen LogP contribution in [0.4, 0.5) is 4.39 Å². The minimum Gasteiger partial charge on any atom is -0.467 e. The SMILES string of the molecule is CN(Cc1ccco1)C(=O)COC(=O)C1CCN(S(=O)(=O)c2ccc(F)cc2)CC1. The van der Waals surface area contributed by atoms with Gasteiger partial charge in [-0.1, -0.05) is 0 Å². The Morgan fingerprint density at radius 3 is 2.47 bits per heavy atom. The van der Waals surface area contributed by atoms with E-state index in [1.165, 1.54) is 27.6 Å². The highest BCUT2D eigenvalue weighted by molar-refractivity contribution is 7.89. The molecule has 1 aliphatic heterocycles. The average molecular weight is 438 g/mol. The fourth-order valence-corrected chi connectivity index (χ4v) is 4.64. The Kier molecular flexibility index (Phi) is 6.88. The van der Waals surface area contributed by atoms with Gasteiger partial charge < -0.3 is 14.1 Å². The van der Waals surface area contributed by atoms with Crippen molar-refractivity contribution in [2.24, 2.45) is 5.92 Å². The summed E-state index contributed by atoms with van der Waals surface area (Å²) in [5.41, 5.74) is 0. The van der Waals surface area contributed by atoms with E-state index in [2.05, 4.69) is 0 Å². The number of esters is 1. The molecule has 0 spiro atoms. The molecule has 0 unspecified atom stereocenters. The maximum atomic E-state index is 13.0. The Labute approximate surface area is 174 Å². The molecule has 10 heteroatoms. The number of amides is 1. The monoisotopic (exact) mass is 438 g/mol. The van der Waals surface area contributed by atoms with Crippen molar-refractivity contribution in [2.45, 2.75) is 24.3 Å². The smallest absolute Gasteiger partial charge is 0.309 e. The lowest BCUT2D eigenvalue weighted by Crippen LogP contribution is -2.41. The Balaban J connectivity index is 1.47. The Bertz CT molecular complexity index is 967. The van der Waals surface area contributed by atoms with E-state index in [9.17, 15) is 22.4 Å². The maximum Gasteiger partial charge on any atom is 0.309 e. The first kappa shape index (κ1) is 22.0. The van der Waals surface area contributed by atoms with Crippen LogP contribution in [-0.4, -0.2) is 56.2 Å². The van der Waals surface area contributed by atoms with Crippen LogP contribution in [0.2, 0.25) is 0 Å². The van der Waals surface area contributed by atoms with Gasteiger partial charge in [0.25, 0.3) is 5.91 Å². The molecule has 2 aromatic rings. The summed E-state index contributed by atoms with van der Waals surface area (Å²) in [7, 11) is -2.16. The summed E-state index contributed by atoms with van der Waals surface area (Å²) in [6.07, 6.45) is 2.09. The normalized spacial score (nSPS) is 15.7. The van der Waals surface area contributed by atoms with Gasteiger partial charge in [-0.2, -0.15) is 4.31 Å². The topological polar surface area (TPSA) is 97.1 Å². The average Bonchev–Trinajstić information content (AvgIpc) is 3.25. The molecule has 2 heterocycles. The van der Waals surface area contributed by atoms with E-state index in [0.717, 1.165) is 12.1 Å². The first-order valence-corrected chi connectivity index (χ1v) is 10.9. The van der Waals surface area contributed by atoms with Gasteiger partial charge in [-0.25, -0.2) is 12.8 Å². The lowest BCUT2D eigenvalue weighted by molar-refractivity contribution is -0.156. The number of hydrogen-bond acceptors (Lipinski definition) is 6. The highest BCUT2D eigenvalue weighted by Gasteiger charge is 2.33. The molecule has 8 nitrogen and oxygen atoms in total. The van der Waals surface area contributed by atoms with Gasteiger partial charge in [0, 0.05) is 20.1 Å². The van der Waals surface area contributed by atoms with Crippen LogP contribution in [-0.2, 0) is 30.9 Å². The second kappa shape index (κ2) is 9.40. The van der Waals surface area contributed by atoms with Crippen LogP contribution in [0, 0.1) is 11.7 Å². The molecule has 0 N–H and O–H groups in total. The summed E-state index contributed by atoms with van der Waals surface area (Å²) in [5, 5.41) is 0. The van der Waals surface area contributed by atoms with Crippen molar-refractivity contribution in [2.75, 3.05) is 26.7 Å². The van der Waals surface area contributed by atoms with Crippen molar-refractivity contribution in [3.8, 4) is 0 Å². The van der Waals surface area contributed by atoms with Crippen LogP contribution < -0.4 is 0 Å². The number of nitrogens with zero attached hydrogens (tertiary/aromatic N) is 2. The Morgan fingerprint density at radius 2 is 1.87 bits per heavy atom. The van der Waals surface area contributed by atoms with Crippen molar-refractivity contribution >= 4 is 21.9 Å². The van der Waals surface area contributed by atoms with Gasteiger partial charge in [-0.15, -0.1) is 0 Å². The molecule has 1 aromatic heterocycles. The van der Waals surface area contributed by atoms with Crippen LogP contribution in [0.15, 0.2) is 52.0 Å². The number of furan rings is 1. The maximum absolute atomic E-state index is 13.0. The fourth-order valence-electron chi connectivity index (χ4n) is 3.17. The first-order chi connectivity index (χ1) is 14.3. The van der Waals surface area contributed by atoms with Crippen LogP contribution in [0.5, 0.6) is 0 Å². The molecule has 0 saturated carbocycles. The Hall–Kier alpha value is -2.72. The quantitative estimate of drug-likeness (QED) is 0.614. The third kappa shape index (κ3) is 5.25. The van der Waals surface area contributed by atoms with Crippen molar-refractivity contribution in [3.63, 3.8) is 0 Å². The first-order valence-electron chi connectivity index (χ1n) is 9.46. The van der Waals surface area contributed by atoms with E-state index in [-0.39, 0.29) is 49.9 Å². The number of benzene rings is 1. The molecule has 0 atom stereocenters. The minimum atomic E-state index is -3.74. The molecule has 162 valence electrons. The number of piperidine rings is 1. The van der Waals surface area contributed by atoms with Crippen LogP contribution in [0.25, 0.3) is 0 Å². The second-order valence-electron chi connectivity index (χ2n) is 7.07. The van der Waals surface area contributed by atoms with Crippen molar-refractivity contribution in [3.05, 3.63) is 54.2 Å². The number of ether oxygens (including phenoxy) is 1. The molecular formula is C20H23FN2O6S. The van der Waals surface area contributed by atoms with Gasteiger partial charge >= 0.3 is 5.97 Å². The molecule has 1 saturated heterocycles. The third-order valence-electron chi connectivity index (χ3n) is 4.98. The molecule has 1 amide bonds. The number of rotatable bonds is 7. The minimum absolute atomic E-state index is 0.00937. The summed E-state index contributed by atoms with van der Waals surface area (Å²) in [4.78, 5) is 25.8. The molecule has 0 bridgehead atoms. The standard InChI is InChI=1S/C20H23FN2O6S/c1-22(13-17-3-2-12-28-17)19(24)14-29-20(25)15-8-10-23(11-9-15)30(26,27)18-6-4-16(21)5-7-18/h2-7,12,15H,8-11,13-14H2,1H3. The van der Waals surface area contributed by atoms with Crippen LogP contribution in [0.1, 0.15) is 18.6 Å². The van der Waals surface area contributed by atoms with Crippen molar-refractivity contribution in [1.82, 2.24) is 9.21 Å². The summed E-state index contributed by atoms with van der Waals surface area (Å²) in [6.45, 7) is 0.171. The van der Waals surface area contributed by atoms with Crippen LogP contribution >= 0.6 is 0 Å². The second-order valence-corrected chi connectivity index (χ2v) is 9.01. The predicted molar refractivity (Wildman–Crippen MR) is 104 cm³/mol. The number of carbonyl (C=O) groups excluding carboxylic acids is 2. The van der Waals surface area contributed by atoms with E-state index < -0.39 is 27.7 Å². The number of carbonyl (C=O) groups is 2. The largest absolute Gasteiger partial charge is 0.467 e. The number of halogens is 1. The lowest BCUT2D eigenvalue weighted by Gasteiger charge is -2.30. The van der Waals surface area contributed by atoms with Gasteiger partial charge in [-0.05, 0) is 49.2 Å². The van der Waals surface area contributed by atoms with Gasteiger partial charge in [0.2, 0.25) is 10.0 Å². The van der Waals surface area contributed by atoms with Gasteiger partial charge in [0.15, 0.2) is 6.61 Å². The van der Waals surface area contributed by atoms with Gasteiger partial charge in [0.05, 0.1) is 23.6 Å². The summed E-state index contributed by atoms with van der Waals surface area (Å²) < 4.78 is 49.9. The molecule has 3 rings (SSSR count). The molecule has 1 aromatic carbocycles. The van der Waals surface area contributed by atoms with Crippen molar-refractivity contribution in [1.29, 1.82) is 0 Å². The summed E-state index contributed by atoms with van der Waals surface area (Å²) in [5.74, 6) is -1.26. The third-order valence-corrected chi connectivity index (χ3v) is 6.89. The van der Waals surface area contributed by atoms with E-state index in [0.29, 0.717) is 5.76 Å². The van der Waals surface area contributed by atoms with E-state index >= 15 is 0 Å². The molecule has 1 aliphatic rings. The highest BCUT2D eigenvalue weighted by Crippen LogP contribution is 2.24. The van der Waals surface area contributed by atoms with E-state index in [1.54, 1.807) is 19.2 Å². The fraction of sp³-hybridized carbons (Fsp3) is 0.400. The zero-order valence-electron chi connectivity index (χ0n) is 16.5. The molecule has 0 aliphatic carbocycles. The predicted octanol–water partition coefficient (Wildman–Crippen LogP) is 2.02. The Morgan fingerprint density at radius 1 is 1.20 bits per heavy atom. The number of hydrogen-bond donors (Lipinski definition) is 0. The molecule has 0 radical (unpaired) electrons. The van der Waals surface area contributed by atoms with Gasteiger partial charge in [-0.3, -0.25) is 9.59 Å². The van der Waals surface area contributed by atoms with Crippen molar-refractivity contribution < 1.29 is 31.6 Å². The zero-order valence-corrected chi connectivity index (χ0v) is 17.3. The highest BCUT2D eigenvalue weighted by atomic mass is 32.2. The van der Waals surface area contributed by atoms with Crippen LogP contribution in [0.3, 0.4) is 0 Å². The summed E-state index contributed by atoms with van der Waals surface area (Å²) >= 11 is 0. The molecular weight excluding hydrogens is 415 g/mol. The zero-order chi connectivity index (χ0) is 21.7. The number of sulfonamides is 1. The number of likely N-dealkylation sites (N-methyl/N-ethyl adjacent to an activating group) is 1. The molecule has 30 heavy (non-hydrogen) atoms. The van der Waals surface area contributed by atoms with E-state index in [4.69, 9.17) is 9.15 Å². The molecule has 1 fully saturated rings. The van der Waals surface area contributed by atoms with E-state index in [1.807, 2.05) is 0 Å².